The summed E-state index contributed by atoms with van der Waals surface area (Å²) in [5.74, 6) is 1.73. The smallest absolute Gasteiger partial charge is 0.0348 e. The maximum atomic E-state index is 3.71. The molecule has 1 aliphatic carbocycles. The summed E-state index contributed by atoms with van der Waals surface area (Å²) in [7, 11) is 0. The van der Waals surface area contributed by atoms with Gasteiger partial charge in [-0.3, -0.25) is 0 Å². The average Bonchev–Trinajstić information content (AvgIpc) is 2.84. The molecule has 19 heavy (non-hydrogen) atoms. The number of rotatable bonds is 6. The van der Waals surface area contributed by atoms with Gasteiger partial charge in [-0.25, -0.2) is 0 Å². The van der Waals surface area contributed by atoms with Crippen LogP contribution in [0.2, 0.25) is 0 Å². The van der Waals surface area contributed by atoms with E-state index in [9.17, 15) is 0 Å². The van der Waals surface area contributed by atoms with E-state index < -0.39 is 0 Å². The van der Waals surface area contributed by atoms with E-state index in [1.165, 1.54) is 43.2 Å². The average molecular weight is 259 g/mol. The second kappa shape index (κ2) is 7.09. The lowest BCUT2D eigenvalue weighted by Crippen LogP contribution is -2.27. The molecule has 3 unspecified atom stereocenters. The van der Waals surface area contributed by atoms with Gasteiger partial charge in [-0.1, -0.05) is 57.9 Å². The van der Waals surface area contributed by atoms with Crippen molar-refractivity contribution in [2.75, 3.05) is 6.54 Å². The predicted molar refractivity (Wildman–Crippen MR) is 83.4 cm³/mol. The van der Waals surface area contributed by atoms with E-state index >= 15 is 0 Å². The summed E-state index contributed by atoms with van der Waals surface area (Å²) in [6.07, 6.45) is 6.60. The Balaban J connectivity index is 2.09. The van der Waals surface area contributed by atoms with Crippen LogP contribution in [0.3, 0.4) is 0 Å². The molecule has 1 aromatic carbocycles. The van der Waals surface area contributed by atoms with Gasteiger partial charge in [-0.05, 0) is 48.8 Å². The Kier molecular flexibility index (Phi) is 5.45. The minimum atomic E-state index is 0.561. The molecule has 1 N–H and O–H groups in total. The lowest BCUT2D eigenvalue weighted by atomic mass is 9.90. The van der Waals surface area contributed by atoms with Crippen molar-refractivity contribution in [1.29, 1.82) is 0 Å². The third kappa shape index (κ3) is 3.82. The fourth-order valence-electron chi connectivity index (χ4n) is 3.51. The van der Waals surface area contributed by atoms with E-state index in [4.69, 9.17) is 0 Å². The minimum absolute atomic E-state index is 0.561. The predicted octanol–water partition coefficient (Wildman–Crippen LogP) is 4.73. The number of hydrogen-bond donors (Lipinski definition) is 1. The maximum absolute atomic E-state index is 3.71. The summed E-state index contributed by atoms with van der Waals surface area (Å²) in [5, 5.41) is 3.71. The third-order valence-electron chi connectivity index (χ3n) is 4.51. The first kappa shape index (κ1) is 14.6. The molecule has 0 bridgehead atoms. The second-order valence-corrected chi connectivity index (χ2v) is 6.21. The largest absolute Gasteiger partial charge is 0.310 e. The van der Waals surface area contributed by atoms with Crippen LogP contribution < -0.4 is 5.32 Å². The standard InChI is InChI=1S/C18H29N/c1-4-6-15-8-11-16(12-9-15)18(19-5-2)17-10-7-14(3)13-17/h8-9,11-12,14,17-19H,4-7,10,13H2,1-3H3. The monoisotopic (exact) mass is 259 g/mol. The quantitative estimate of drug-likeness (QED) is 0.779. The van der Waals surface area contributed by atoms with Crippen LogP contribution in [0.4, 0.5) is 0 Å². The van der Waals surface area contributed by atoms with Crippen molar-refractivity contribution in [3.63, 3.8) is 0 Å². The first-order chi connectivity index (χ1) is 9.24. The molecule has 0 amide bonds. The molecule has 1 aromatic rings. The van der Waals surface area contributed by atoms with Crippen LogP contribution in [0.1, 0.15) is 63.6 Å². The Bertz CT molecular complexity index is 368. The van der Waals surface area contributed by atoms with Gasteiger partial charge in [-0.15, -0.1) is 0 Å². The van der Waals surface area contributed by atoms with Crippen molar-refractivity contribution < 1.29 is 0 Å². The number of hydrogen-bond acceptors (Lipinski definition) is 1. The third-order valence-corrected chi connectivity index (χ3v) is 4.51. The maximum Gasteiger partial charge on any atom is 0.0348 e. The fraction of sp³-hybridized carbons (Fsp3) is 0.667. The van der Waals surface area contributed by atoms with E-state index in [1.54, 1.807) is 0 Å². The highest BCUT2D eigenvalue weighted by Crippen LogP contribution is 2.38. The molecule has 1 nitrogen and oxygen atoms in total. The summed E-state index contributed by atoms with van der Waals surface area (Å²) in [6, 6.07) is 9.90. The summed E-state index contributed by atoms with van der Waals surface area (Å²) < 4.78 is 0. The van der Waals surface area contributed by atoms with E-state index in [0.29, 0.717) is 6.04 Å². The van der Waals surface area contributed by atoms with Gasteiger partial charge in [0.15, 0.2) is 0 Å². The highest BCUT2D eigenvalue weighted by atomic mass is 14.9. The topological polar surface area (TPSA) is 12.0 Å². The molecule has 3 atom stereocenters. The van der Waals surface area contributed by atoms with Gasteiger partial charge in [0.25, 0.3) is 0 Å². The molecular formula is C18H29N. The molecular weight excluding hydrogens is 230 g/mol. The SMILES string of the molecule is CCCc1ccc(C(NCC)C2CCC(C)C2)cc1. The van der Waals surface area contributed by atoms with Gasteiger partial charge in [0, 0.05) is 6.04 Å². The minimum Gasteiger partial charge on any atom is -0.310 e. The van der Waals surface area contributed by atoms with Crippen LogP contribution in [0.25, 0.3) is 0 Å². The molecule has 106 valence electrons. The normalized spacial score (nSPS) is 24.6. The van der Waals surface area contributed by atoms with Crippen LogP contribution in [0.5, 0.6) is 0 Å². The summed E-state index contributed by atoms with van der Waals surface area (Å²) >= 11 is 0. The van der Waals surface area contributed by atoms with Crippen LogP contribution in [-0.2, 0) is 6.42 Å². The Morgan fingerprint density at radius 1 is 1.16 bits per heavy atom. The number of benzene rings is 1. The summed E-state index contributed by atoms with van der Waals surface area (Å²) in [4.78, 5) is 0. The molecule has 0 spiro atoms. The van der Waals surface area contributed by atoms with Crippen molar-refractivity contribution in [1.82, 2.24) is 5.32 Å². The first-order valence-electron chi connectivity index (χ1n) is 8.06. The van der Waals surface area contributed by atoms with Crippen LogP contribution >= 0.6 is 0 Å². The van der Waals surface area contributed by atoms with Crippen molar-refractivity contribution in [3.8, 4) is 0 Å². The molecule has 0 saturated heterocycles. The molecule has 1 saturated carbocycles. The molecule has 0 heterocycles. The molecule has 1 aliphatic rings. The van der Waals surface area contributed by atoms with Crippen LogP contribution in [0.15, 0.2) is 24.3 Å². The summed E-state index contributed by atoms with van der Waals surface area (Å²) in [6.45, 7) is 7.92. The van der Waals surface area contributed by atoms with Gasteiger partial charge < -0.3 is 5.32 Å². The Morgan fingerprint density at radius 2 is 1.89 bits per heavy atom. The molecule has 1 heteroatoms. The molecule has 1 fully saturated rings. The highest BCUT2D eigenvalue weighted by molar-refractivity contribution is 5.26. The van der Waals surface area contributed by atoms with Crippen molar-refractivity contribution in [3.05, 3.63) is 35.4 Å². The highest BCUT2D eigenvalue weighted by Gasteiger charge is 2.29. The second-order valence-electron chi connectivity index (χ2n) is 6.21. The van der Waals surface area contributed by atoms with Crippen molar-refractivity contribution >= 4 is 0 Å². The zero-order valence-corrected chi connectivity index (χ0v) is 12.8. The van der Waals surface area contributed by atoms with Crippen molar-refractivity contribution in [2.45, 2.75) is 58.9 Å². The lowest BCUT2D eigenvalue weighted by molar-refractivity contribution is 0.365. The Labute approximate surface area is 118 Å². The van der Waals surface area contributed by atoms with E-state index in [-0.39, 0.29) is 0 Å². The zero-order chi connectivity index (χ0) is 13.7. The van der Waals surface area contributed by atoms with Gasteiger partial charge in [0.05, 0.1) is 0 Å². The summed E-state index contributed by atoms with van der Waals surface area (Å²) in [5.41, 5.74) is 2.96. The van der Waals surface area contributed by atoms with E-state index in [2.05, 4.69) is 50.4 Å². The lowest BCUT2D eigenvalue weighted by Gasteiger charge is -2.25. The van der Waals surface area contributed by atoms with Gasteiger partial charge in [-0.2, -0.15) is 0 Å². The molecule has 0 aliphatic heterocycles. The van der Waals surface area contributed by atoms with Gasteiger partial charge in [0.1, 0.15) is 0 Å². The van der Waals surface area contributed by atoms with Crippen LogP contribution in [0, 0.1) is 11.8 Å². The Hall–Kier alpha value is -0.820. The van der Waals surface area contributed by atoms with Crippen molar-refractivity contribution in [2.24, 2.45) is 11.8 Å². The number of aryl methyl sites for hydroxylation is 1. The van der Waals surface area contributed by atoms with Gasteiger partial charge >= 0.3 is 0 Å². The van der Waals surface area contributed by atoms with E-state index in [1.807, 2.05) is 0 Å². The Morgan fingerprint density at radius 3 is 2.42 bits per heavy atom. The zero-order valence-electron chi connectivity index (χ0n) is 12.8. The van der Waals surface area contributed by atoms with Gasteiger partial charge in [0.2, 0.25) is 0 Å². The van der Waals surface area contributed by atoms with E-state index in [0.717, 1.165) is 18.4 Å². The fourth-order valence-corrected chi connectivity index (χ4v) is 3.51. The van der Waals surface area contributed by atoms with Crippen LogP contribution in [-0.4, -0.2) is 6.54 Å². The first-order valence-corrected chi connectivity index (χ1v) is 8.06. The molecule has 2 rings (SSSR count). The molecule has 0 radical (unpaired) electrons. The molecule has 0 aromatic heterocycles. The number of nitrogens with one attached hydrogen (secondary N) is 1.